The zero-order valence-corrected chi connectivity index (χ0v) is 16.7. The summed E-state index contributed by atoms with van der Waals surface area (Å²) in [5.74, 6) is 0. The third-order valence-corrected chi connectivity index (χ3v) is 6.37. The molecule has 3 heterocycles. The Morgan fingerprint density at radius 2 is 1.84 bits per heavy atom. The minimum absolute atomic E-state index is 0.0236. The molecule has 3 N–H and O–H groups in total. The number of rotatable bonds is 4. The van der Waals surface area contributed by atoms with Gasteiger partial charge in [0.2, 0.25) is 0 Å². The van der Waals surface area contributed by atoms with Gasteiger partial charge in [0.25, 0.3) is 0 Å². The van der Waals surface area contributed by atoms with E-state index in [1.54, 1.807) is 0 Å². The Kier molecular flexibility index (Phi) is 4.11. The highest BCUT2D eigenvalue weighted by atomic mass is 19.4. The molecule has 3 aromatic heterocycles. The normalized spacial score (nSPS) is 16.9. The Morgan fingerprint density at radius 1 is 1.03 bits per heavy atom. The molecule has 0 radical (unpaired) electrons. The molecule has 0 saturated heterocycles. The molecule has 0 unspecified atom stereocenters. The van der Waals surface area contributed by atoms with Crippen LogP contribution in [0.5, 0.6) is 0 Å². The van der Waals surface area contributed by atoms with Crippen LogP contribution in [0.3, 0.4) is 0 Å². The largest absolute Gasteiger partial charge is 0.435 e. The number of halogens is 3. The van der Waals surface area contributed by atoms with Crippen molar-refractivity contribution in [1.82, 2.24) is 30.7 Å². The number of pyridine rings is 1. The van der Waals surface area contributed by atoms with E-state index in [9.17, 15) is 13.2 Å². The van der Waals surface area contributed by atoms with E-state index in [2.05, 4.69) is 25.7 Å². The molecule has 0 aliphatic heterocycles. The number of nitrogens with zero attached hydrogens (tertiary/aromatic N) is 3. The molecule has 160 valence electrons. The quantitative estimate of drug-likeness (QED) is 0.444. The zero-order chi connectivity index (χ0) is 21.2. The number of aromatic amines is 2. The molecule has 2 aliphatic rings. The van der Waals surface area contributed by atoms with Crippen molar-refractivity contribution in [3.05, 3.63) is 40.8 Å². The number of aryl methyl sites for hydroxylation is 1. The van der Waals surface area contributed by atoms with Crippen LogP contribution in [-0.4, -0.2) is 31.4 Å². The van der Waals surface area contributed by atoms with Gasteiger partial charge in [-0.1, -0.05) is 0 Å². The lowest BCUT2D eigenvalue weighted by atomic mass is 9.85. The van der Waals surface area contributed by atoms with Crippen molar-refractivity contribution in [2.24, 2.45) is 0 Å². The molecule has 0 bridgehead atoms. The first kappa shape index (κ1) is 18.8. The first-order valence-electron chi connectivity index (χ1n) is 10.7. The van der Waals surface area contributed by atoms with E-state index in [-0.39, 0.29) is 5.56 Å². The highest BCUT2D eigenvalue weighted by Crippen LogP contribution is 2.42. The second kappa shape index (κ2) is 6.78. The Bertz CT molecular complexity index is 1300. The lowest BCUT2D eigenvalue weighted by Crippen LogP contribution is -2.16. The molecule has 6 nitrogen and oxygen atoms in total. The Balaban J connectivity index is 1.61. The average Bonchev–Trinajstić information content (AvgIpc) is 3.28. The molecule has 2 aliphatic carbocycles. The first-order chi connectivity index (χ1) is 15.0. The zero-order valence-electron chi connectivity index (χ0n) is 16.7. The van der Waals surface area contributed by atoms with Crippen LogP contribution in [0.15, 0.2) is 18.3 Å². The van der Waals surface area contributed by atoms with Crippen molar-refractivity contribution in [2.45, 2.75) is 57.3 Å². The van der Waals surface area contributed by atoms with Crippen molar-refractivity contribution in [1.29, 1.82) is 0 Å². The maximum atomic E-state index is 13.6. The average molecular weight is 426 g/mol. The number of H-pyrrole nitrogens is 2. The maximum absolute atomic E-state index is 13.6. The van der Waals surface area contributed by atoms with Crippen molar-refractivity contribution in [3.8, 4) is 11.3 Å². The number of aromatic nitrogens is 5. The fourth-order valence-corrected chi connectivity index (χ4v) is 4.76. The van der Waals surface area contributed by atoms with Crippen LogP contribution >= 0.6 is 0 Å². The second-order valence-electron chi connectivity index (χ2n) is 8.48. The second-order valence-corrected chi connectivity index (χ2v) is 8.48. The molecule has 6 rings (SSSR count). The molecule has 1 saturated carbocycles. The van der Waals surface area contributed by atoms with Crippen LogP contribution in [0.1, 0.15) is 48.2 Å². The Morgan fingerprint density at radius 3 is 2.61 bits per heavy atom. The molecule has 9 heteroatoms. The lowest BCUT2D eigenvalue weighted by Gasteiger charge is -2.22. The van der Waals surface area contributed by atoms with Crippen molar-refractivity contribution >= 4 is 21.8 Å². The molecule has 1 aromatic carbocycles. The molecule has 0 amide bonds. The van der Waals surface area contributed by atoms with Gasteiger partial charge in [0.15, 0.2) is 5.69 Å². The maximum Gasteiger partial charge on any atom is 0.435 e. The van der Waals surface area contributed by atoms with Gasteiger partial charge in [-0.05, 0) is 61.8 Å². The van der Waals surface area contributed by atoms with E-state index in [0.717, 1.165) is 52.4 Å². The highest BCUT2D eigenvalue weighted by Gasteiger charge is 2.38. The summed E-state index contributed by atoms with van der Waals surface area (Å²) in [5.41, 5.74) is 4.08. The van der Waals surface area contributed by atoms with Crippen LogP contribution in [0.2, 0.25) is 0 Å². The molecule has 0 atom stereocenters. The standard InChI is InChI=1S/C22H21F3N6/c23-22(24,25)21-14(9-27-31-21)20-13-4-2-1-3-12(13)18-15(28-20)7-8-16-19(18)17(30-29-16)10-26-11-5-6-11/h7-9,11,26H,1-6,10H2,(H,27,31)(H,29,30). The number of alkyl halides is 3. The Labute approximate surface area is 175 Å². The van der Waals surface area contributed by atoms with Gasteiger partial charge in [0.1, 0.15) is 0 Å². The van der Waals surface area contributed by atoms with Gasteiger partial charge in [-0.15, -0.1) is 0 Å². The lowest BCUT2D eigenvalue weighted by molar-refractivity contribution is -0.140. The van der Waals surface area contributed by atoms with Gasteiger partial charge in [-0.25, -0.2) is 4.98 Å². The SMILES string of the molecule is FC(F)(F)c1n[nH]cc1-c1nc2ccc3[nH]nc(CNC4CC4)c3c2c2c1CCCC2. The predicted molar refractivity (Wildman–Crippen MR) is 110 cm³/mol. The van der Waals surface area contributed by atoms with E-state index < -0.39 is 11.9 Å². The number of fused-ring (bicyclic) bond motifs is 5. The smallest absolute Gasteiger partial charge is 0.308 e. The summed E-state index contributed by atoms with van der Waals surface area (Å²) < 4.78 is 40.7. The third-order valence-electron chi connectivity index (χ3n) is 6.37. The minimum Gasteiger partial charge on any atom is -0.308 e. The highest BCUT2D eigenvalue weighted by molar-refractivity contribution is 6.09. The number of benzene rings is 1. The van der Waals surface area contributed by atoms with E-state index in [4.69, 9.17) is 4.98 Å². The van der Waals surface area contributed by atoms with Crippen LogP contribution in [0.4, 0.5) is 13.2 Å². The molecular weight excluding hydrogens is 405 g/mol. The van der Waals surface area contributed by atoms with Crippen LogP contribution in [-0.2, 0) is 25.6 Å². The van der Waals surface area contributed by atoms with Gasteiger partial charge in [0, 0.05) is 29.6 Å². The first-order valence-corrected chi connectivity index (χ1v) is 10.7. The van der Waals surface area contributed by atoms with Gasteiger partial charge in [0.05, 0.1) is 28.0 Å². The van der Waals surface area contributed by atoms with Crippen molar-refractivity contribution in [2.75, 3.05) is 0 Å². The minimum atomic E-state index is -4.54. The van der Waals surface area contributed by atoms with Crippen LogP contribution in [0.25, 0.3) is 33.1 Å². The summed E-state index contributed by atoms with van der Waals surface area (Å²) in [4.78, 5) is 4.76. The van der Waals surface area contributed by atoms with E-state index in [1.165, 1.54) is 19.0 Å². The monoisotopic (exact) mass is 426 g/mol. The van der Waals surface area contributed by atoms with Crippen LogP contribution in [0, 0.1) is 0 Å². The van der Waals surface area contributed by atoms with Gasteiger partial charge in [-0.2, -0.15) is 23.4 Å². The van der Waals surface area contributed by atoms with Crippen LogP contribution < -0.4 is 5.32 Å². The molecule has 31 heavy (non-hydrogen) atoms. The number of hydrogen-bond acceptors (Lipinski definition) is 4. The van der Waals surface area contributed by atoms with Gasteiger partial charge < -0.3 is 5.32 Å². The summed E-state index contributed by atoms with van der Waals surface area (Å²) in [5, 5.41) is 19.1. The summed E-state index contributed by atoms with van der Waals surface area (Å²) in [7, 11) is 0. The van der Waals surface area contributed by atoms with E-state index >= 15 is 0 Å². The van der Waals surface area contributed by atoms with Crippen molar-refractivity contribution < 1.29 is 13.2 Å². The molecule has 1 fully saturated rings. The van der Waals surface area contributed by atoms with Gasteiger partial charge >= 0.3 is 6.18 Å². The Hall–Kier alpha value is -2.94. The molecule has 4 aromatic rings. The van der Waals surface area contributed by atoms with Gasteiger partial charge in [-0.3, -0.25) is 10.2 Å². The topological polar surface area (TPSA) is 82.3 Å². The van der Waals surface area contributed by atoms with E-state index in [0.29, 0.717) is 30.2 Å². The number of nitrogens with one attached hydrogen (secondary N) is 3. The summed E-state index contributed by atoms with van der Waals surface area (Å²) >= 11 is 0. The third kappa shape index (κ3) is 3.10. The molecule has 0 spiro atoms. The summed E-state index contributed by atoms with van der Waals surface area (Å²) in [6.45, 7) is 0.667. The fraction of sp³-hybridized carbons (Fsp3) is 0.409. The summed E-state index contributed by atoms with van der Waals surface area (Å²) in [6.07, 6.45) is 2.62. The van der Waals surface area contributed by atoms with Crippen molar-refractivity contribution in [3.63, 3.8) is 0 Å². The van der Waals surface area contributed by atoms with E-state index in [1.807, 2.05) is 12.1 Å². The fourth-order valence-electron chi connectivity index (χ4n) is 4.76. The molecular formula is C22H21F3N6. The number of hydrogen-bond donors (Lipinski definition) is 3. The summed E-state index contributed by atoms with van der Waals surface area (Å²) in [6, 6.07) is 4.35. The predicted octanol–water partition coefficient (Wildman–Crippen LogP) is 4.65.